The van der Waals surface area contributed by atoms with Crippen molar-refractivity contribution in [3.8, 4) is 11.5 Å². The molecular formula is C27H33NO3S. The fraction of sp³-hybridized carbons (Fsp3) is 0.444. The first-order valence-electron chi connectivity index (χ1n) is 11.7. The highest BCUT2D eigenvalue weighted by molar-refractivity contribution is 7.98. The van der Waals surface area contributed by atoms with Crippen LogP contribution in [0.1, 0.15) is 43.9 Å². The van der Waals surface area contributed by atoms with Crippen molar-refractivity contribution in [2.45, 2.75) is 50.2 Å². The predicted octanol–water partition coefficient (Wildman–Crippen LogP) is 6.82. The number of fused-ring (bicyclic) bond motifs is 1. The van der Waals surface area contributed by atoms with E-state index in [-0.39, 0.29) is 0 Å². The molecule has 1 saturated heterocycles. The third kappa shape index (κ3) is 5.96. The van der Waals surface area contributed by atoms with Crippen molar-refractivity contribution in [3.05, 3.63) is 59.8 Å². The molecule has 0 radical (unpaired) electrons. The van der Waals surface area contributed by atoms with E-state index in [1.165, 1.54) is 4.90 Å². The van der Waals surface area contributed by atoms with Crippen molar-refractivity contribution >= 4 is 22.7 Å². The van der Waals surface area contributed by atoms with E-state index in [2.05, 4.69) is 50.2 Å². The number of para-hydroxylation sites is 1. The Kier molecular flexibility index (Phi) is 8.30. The summed E-state index contributed by atoms with van der Waals surface area (Å²) in [6.07, 6.45) is 4.35. The summed E-state index contributed by atoms with van der Waals surface area (Å²) in [5, 5.41) is 1.10. The van der Waals surface area contributed by atoms with Gasteiger partial charge in [0.2, 0.25) is 0 Å². The van der Waals surface area contributed by atoms with E-state index in [1.54, 1.807) is 11.8 Å². The van der Waals surface area contributed by atoms with E-state index in [4.69, 9.17) is 19.2 Å². The normalized spacial score (nSPS) is 14.6. The lowest BCUT2D eigenvalue weighted by Gasteiger charge is -2.22. The molecule has 170 valence electrons. The number of hydrogen-bond donors (Lipinski definition) is 0. The van der Waals surface area contributed by atoms with Gasteiger partial charge in [-0.15, -0.1) is 11.8 Å². The third-order valence-corrected chi connectivity index (χ3v) is 6.93. The summed E-state index contributed by atoms with van der Waals surface area (Å²) >= 11 is 1.79. The first-order chi connectivity index (χ1) is 15.7. The van der Waals surface area contributed by atoms with E-state index in [9.17, 15) is 0 Å². The molecule has 0 unspecified atom stereocenters. The Morgan fingerprint density at radius 2 is 1.91 bits per heavy atom. The van der Waals surface area contributed by atoms with Gasteiger partial charge in [0.25, 0.3) is 0 Å². The molecule has 0 saturated carbocycles. The molecule has 5 heteroatoms. The van der Waals surface area contributed by atoms with Gasteiger partial charge >= 0.3 is 0 Å². The van der Waals surface area contributed by atoms with Crippen LogP contribution in [0.4, 0.5) is 0 Å². The van der Waals surface area contributed by atoms with E-state index >= 15 is 0 Å². The topological polar surface area (TPSA) is 40.6 Å². The molecule has 0 spiro atoms. The Hall–Kier alpha value is -2.24. The zero-order valence-corrected chi connectivity index (χ0v) is 20.0. The SMILES string of the molecule is CCCCOc1c(C)c(CSc2cccc(OCC3CCOCC3)c2)nc2ccccc12. The van der Waals surface area contributed by atoms with E-state index in [1.807, 2.05) is 12.1 Å². The second kappa shape index (κ2) is 11.6. The van der Waals surface area contributed by atoms with E-state index in [0.29, 0.717) is 5.92 Å². The van der Waals surface area contributed by atoms with Crippen LogP contribution in [0.2, 0.25) is 0 Å². The summed E-state index contributed by atoms with van der Waals surface area (Å²) < 4.78 is 17.7. The van der Waals surface area contributed by atoms with Gasteiger partial charge in [0.15, 0.2) is 0 Å². The lowest BCUT2D eigenvalue weighted by atomic mass is 10.0. The average Bonchev–Trinajstić information content (AvgIpc) is 2.84. The van der Waals surface area contributed by atoms with Crippen LogP contribution < -0.4 is 9.47 Å². The Labute approximate surface area is 195 Å². The zero-order valence-electron chi connectivity index (χ0n) is 19.1. The molecule has 4 rings (SSSR count). The van der Waals surface area contributed by atoms with Crippen LogP contribution in [0.25, 0.3) is 10.9 Å². The molecular weight excluding hydrogens is 418 g/mol. The smallest absolute Gasteiger partial charge is 0.133 e. The van der Waals surface area contributed by atoms with Gasteiger partial charge in [0.1, 0.15) is 11.5 Å². The van der Waals surface area contributed by atoms with Crippen molar-refractivity contribution < 1.29 is 14.2 Å². The number of aromatic nitrogens is 1. The van der Waals surface area contributed by atoms with E-state index in [0.717, 1.165) is 91.5 Å². The maximum atomic E-state index is 6.21. The zero-order chi connectivity index (χ0) is 22.2. The van der Waals surface area contributed by atoms with Crippen molar-refractivity contribution in [3.63, 3.8) is 0 Å². The Balaban J connectivity index is 1.45. The lowest BCUT2D eigenvalue weighted by molar-refractivity contribution is 0.0497. The summed E-state index contributed by atoms with van der Waals surface area (Å²) in [6, 6.07) is 16.7. The highest BCUT2D eigenvalue weighted by atomic mass is 32.2. The van der Waals surface area contributed by atoms with Crippen LogP contribution in [0.5, 0.6) is 11.5 Å². The minimum atomic E-state index is 0.593. The van der Waals surface area contributed by atoms with Gasteiger partial charge in [-0.1, -0.05) is 31.5 Å². The second-order valence-electron chi connectivity index (χ2n) is 8.36. The van der Waals surface area contributed by atoms with Crippen LogP contribution in [0.3, 0.4) is 0 Å². The molecule has 32 heavy (non-hydrogen) atoms. The highest BCUT2D eigenvalue weighted by Gasteiger charge is 2.15. The number of unbranched alkanes of at least 4 members (excludes halogenated alkanes) is 1. The number of ether oxygens (including phenoxy) is 3. The van der Waals surface area contributed by atoms with Crippen molar-refractivity contribution in [2.75, 3.05) is 26.4 Å². The maximum Gasteiger partial charge on any atom is 0.133 e. The molecule has 1 aliphatic rings. The van der Waals surface area contributed by atoms with Crippen molar-refractivity contribution in [2.24, 2.45) is 5.92 Å². The highest BCUT2D eigenvalue weighted by Crippen LogP contribution is 2.34. The number of benzene rings is 2. The molecule has 0 bridgehead atoms. The van der Waals surface area contributed by atoms with Crippen LogP contribution >= 0.6 is 11.8 Å². The number of rotatable bonds is 10. The molecule has 0 N–H and O–H groups in total. The monoisotopic (exact) mass is 451 g/mol. The molecule has 1 fully saturated rings. The summed E-state index contributed by atoms with van der Waals surface area (Å²) in [4.78, 5) is 6.15. The fourth-order valence-electron chi connectivity index (χ4n) is 3.90. The first kappa shape index (κ1) is 22.9. The summed E-state index contributed by atoms with van der Waals surface area (Å²) in [7, 11) is 0. The summed E-state index contributed by atoms with van der Waals surface area (Å²) in [6.45, 7) is 7.53. The average molecular weight is 452 g/mol. The van der Waals surface area contributed by atoms with Gasteiger partial charge in [-0.05, 0) is 62.4 Å². The molecule has 4 nitrogen and oxygen atoms in total. The molecule has 1 aromatic heterocycles. The quantitative estimate of drug-likeness (QED) is 0.250. The van der Waals surface area contributed by atoms with E-state index < -0.39 is 0 Å². The number of hydrogen-bond acceptors (Lipinski definition) is 5. The summed E-state index contributed by atoms with van der Waals surface area (Å²) in [5.74, 6) is 3.31. The van der Waals surface area contributed by atoms with Crippen LogP contribution in [0, 0.1) is 12.8 Å². The number of pyridine rings is 1. The summed E-state index contributed by atoms with van der Waals surface area (Å²) in [5.41, 5.74) is 3.21. The van der Waals surface area contributed by atoms with Gasteiger partial charge in [-0.2, -0.15) is 0 Å². The largest absolute Gasteiger partial charge is 0.493 e. The molecule has 1 aliphatic heterocycles. The lowest BCUT2D eigenvalue weighted by Crippen LogP contribution is -2.21. The number of nitrogens with zero attached hydrogens (tertiary/aromatic N) is 1. The maximum absolute atomic E-state index is 6.21. The Morgan fingerprint density at radius 1 is 1.06 bits per heavy atom. The minimum absolute atomic E-state index is 0.593. The molecule has 3 aromatic rings. The minimum Gasteiger partial charge on any atom is -0.493 e. The first-order valence-corrected chi connectivity index (χ1v) is 12.7. The predicted molar refractivity (Wildman–Crippen MR) is 132 cm³/mol. The van der Waals surface area contributed by atoms with Gasteiger partial charge in [-0.3, -0.25) is 4.98 Å². The standard InChI is InChI=1S/C27H33NO3S/c1-3-4-14-30-27-20(2)26(28-25-11-6-5-10-24(25)27)19-32-23-9-7-8-22(17-23)31-18-21-12-15-29-16-13-21/h5-11,17,21H,3-4,12-16,18-19H2,1-2H3. The second-order valence-corrected chi connectivity index (χ2v) is 9.41. The van der Waals surface area contributed by atoms with Crippen LogP contribution in [0.15, 0.2) is 53.4 Å². The van der Waals surface area contributed by atoms with Gasteiger partial charge in [0, 0.05) is 34.8 Å². The Morgan fingerprint density at radius 3 is 2.75 bits per heavy atom. The van der Waals surface area contributed by atoms with Crippen LogP contribution in [-0.4, -0.2) is 31.4 Å². The Bertz CT molecular complexity index is 1020. The van der Waals surface area contributed by atoms with Crippen molar-refractivity contribution in [1.29, 1.82) is 0 Å². The molecule has 0 amide bonds. The third-order valence-electron chi connectivity index (χ3n) is 5.93. The van der Waals surface area contributed by atoms with Gasteiger partial charge in [0.05, 0.1) is 24.4 Å². The van der Waals surface area contributed by atoms with Gasteiger partial charge < -0.3 is 14.2 Å². The van der Waals surface area contributed by atoms with Crippen molar-refractivity contribution in [1.82, 2.24) is 4.98 Å². The fourth-order valence-corrected chi connectivity index (χ4v) is 4.86. The molecule has 2 aromatic carbocycles. The van der Waals surface area contributed by atoms with Crippen LogP contribution in [-0.2, 0) is 10.5 Å². The molecule has 2 heterocycles. The van der Waals surface area contributed by atoms with Gasteiger partial charge in [-0.25, -0.2) is 0 Å². The number of thioether (sulfide) groups is 1. The molecule has 0 atom stereocenters. The molecule has 0 aliphatic carbocycles.